The van der Waals surface area contributed by atoms with E-state index in [1.807, 2.05) is 54.6 Å². The van der Waals surface area contributed by atoms with Gasteiger partial charge in [0, 0.05) is 0 Å². The van der Waals surface area contributed by atoms with Crippen LogP contribution in [0.5, 0.6) is 5.75 Å². The summed E-state index contributed by atoms with van der Waals surface area (Å²) in [6.07, 6.45) is 0.946. The van der Waals surface area contributed by atoms with Crippen molar-refractivity contribution in [2.24, 2.45) is 5.73 Å². The number of nitriles is 1. The highest BCUT2D eigenvalue weighted by Gasteiger charge is 2.28. The van der Waals surface area contributed by atoms with Gasteiger partial charge in [-0.15, -0.1) is 0 Å². The van der Waals surface area contributed by atoms with Crippen molar-refractivity contribution in [2.75, 3.05) is 6.61 Å². The Balaban J connectivity index is 2.13. The Morgan fingerprint density at radius 2 is 1.90 bits per heavy atom. The van der Waals surface area contributed by atoms with Gasteiger partial charge in [-0.2, -0.15) is 5.26 Å². The molecule has 0 amide bonds. The molecule has 0 spiro atoms. The number of hydrogen-bond acceptors (Lipinski definition) is 3. The quantitative estimate of drug-likeness (QED) is 0.905. The summed E-state index contributed by atoms with van der Waals surface area (Å²) in [5.41, 5.74) is 6.97. The number of nitrogens with zero attached hydrogens (tertiary/aromatic N) is 1. The number of ether oxygens (including phenoxy) is 1. The number of aryl methyl sites for hydroxylation is 1. The first-order valence-corrected chi connectivity index (χ1v) is 6.65. The maximum absolute atomic E-state index is 9.36. The van der Waals surface area contributed by atoms with Gasteiger partial charge in [0.1, 0.15) is 12.4 Å². The molecule has 0 radical (unpaired) electrons. The zero-order valence-electron chi connectivity index (χ0n) is 11.5. The molecule has 0 bridgehead atoms. The third kappa shape index (κ3) is 3.17. The summed E-state index contributed by atoms with van der Waals surface area (Å²) in [7, 11) is 0. The molecule has 3 heteroatoms. The standard InChI is InChI=1S/C17H18N2O/c1-2-14-7-6-10-16(11-14)20-13-17(19,12-18)15-8-4-3-5-9-15/h3-11H,2,13,19H2,1H3. The minimum atomic E-state index is -1.14. The van der Waals surface area contributed by atoms with Crippen molar-refractivity contribution in [1.29, 1.82) is 5.26 Å². The molecule has 0 aromatic heterocycles. The van der Waals surface area contributed by atoms with Crippen LogP contribution in [-0.4, -0.2) is 6.61 Å². The molecule has 0 aliphatic carbocycles. The average molecular weight is 266 g/mol. The van der Waals surface area contributed by atoms with E-state index in [0.29, 0.717) is 0 Å². The SMILES string of the molecule is CCc1cccc(OCC(N)(C#N)c2ccccc2)c1. The predicted molar refractivity (Wildman–Crippen MR) is 79.2 cm³/mol. The molecule has 0 aliphatic heterocycles. The molecule has 1 unspecified atom stereocenters. The zero-order valence-corrected chi connectivity index (χ0v) is 11.5. The summed E-state index contributed by atoms with van der Waals surface area (Å²) in [5, 5.41) is 9.36. The van der Waals surface area contributed by atoms with Crippen LogP contribution in [0.25, 0.3) is 0 Å². The molecule has 0 heterocycles. The number of hydrogen-bond donors (Lipinski definition) is 1. The molecule has 102 valence electrons. The van der Waals surface area contributed by atoms with Gasteiger partial charge < -0.3 is 10.5 Å². The maximum atomic E-state index is 9.36. The first-order chi connectivity index (χ1) is 9.68. The Morgan fingerprint density at radius 1 is 1.15 bits per heavy atom. The summed E-state index contributed by atoms with van der Waals surface area (Å²) in [5.74, 6) is 0.741. The van der Waals surface area contributed by atoms with Crippen LogP contribution in [0.4, 0.5) is 0 Å². The molecule has 0 aliphatic rings. The third-order valence-electron chi connectivity index (χ3n) is 3.26. The summed E-state index contributed by atoms with van der Waals surface area (Å²) in [6.45, 7) is 2.21. The lowest BCUT2D eigenvalue weighted by molar-refractivity contribution is 0.255. The fourth-order valence-corrected chi connectivity index (χ4v) is 1.97. The molecule has 0 saturated carbocycles. The van der Waals surface area contributed by atoms with Crippen molar-refractivity contribution < 1.29 is 4.74 Å². The second-order valence-electron chi connectivity index (χ2n) is 4.74. The van der Waals surface area contributed by atoms with Gasteiger partial charge in [0.25, 0.3) is 0 Å². The largest absolute Gasteiger partial charge is 0.490 e. The Labute approximate surface area is 119 Å². The molecular formula is C17H18N2O. The summed E-state index contributed by atoms with van der Waals surface area (Å²) in [6, 6.07) is 19.3. The van der Waals surface area contributed by atoms with Gasteiger partial charge in [0.15, 0.2) is 5.54 Å². The molecular weight excluding hydrogens is 248 g/mol. The molecule has 2 rings (SSSR count). The monoisotopic (exact) mass is 266 g/mol. The van der Waals surface area contributed by atoms with Crippen LogP contribution in [0, 0.1) is 11.3 Å². The molecule has 2 aromatic carbocycles. The van der Waals surface area contributed by atoms with Crippen LogP contribution in [0.3, 0.4) is 0 Å². The van der Waals surface area contributed by atoms with Gasteiger partial charge in [-0.25, -0.2) is 0 Å². The van der Waals surface area contributed by atoms with Crippen LogP contribution < -0.4 is 10.5 Å². The van der Waals surface area contributed by atoms with Gasteiger partial charge in [0.2, 0.25) is 0 Å². The van der Waals surface area contributed by atoms with Crippen LogP contribution >= 0.6 is 0 Å². The maximum Gasteiger partial charge on any atom is 0.164 e. The minimum absolute atomic E-state index is 0.126. The van der Waals surface area contributed by atoms with Crippen LogP contribution in [0.2, 0.25) is 0 Å². The van der Waals surface area contributed by atoms with Crippen molar-refractivity contribution in [3.63, 3.8) is 0 Å². The second kappa shape index (κ2) is 6.23. The van der Waals surface area contributed by atoms with E-state index >= 15 is 0 Å². The molecule has 20 heavy (non-hydrogen) atoms. The molecule has 0 fully saturated rings. The van der Waals surface area contributed by atoms with Gasteiger partial charge in [-0.1, -0.05) is 49.4 Å². The molecule has 0 saturated heterocycles. The van der Waals surface area contributed by atoms with E-state index in [2.05, 4.69) is 13.0 Å². The molecule has 3 nitrogen and oxygen atoms in total. The fourth-order valence-electron chi connectivity index (χ4n) is 1.97. The van der Waals surface area contributed by atoms with E-state index < -0.39 is 5.54 Å². The fraction of sp³-hybridized carbons (Fsp3) is 0.235. The number of rotatable bonds is 5. The van der Waals surface area contributed by atoms with Crippen molar-refractivity contribution in [3.8, 4) is 11.8 Å². The molecule has 2 aromatic rings. The summed E-state index contributed by atoms with van der Waals surface area (Å²) >= 11 is 0. The van der Waals surface area contributed by atoms with E-state index in [4.69, 9.17) is 10.5 Å². The lowest BCUT2D eigenvalue weighted by atomic mass is 9.94. The lowest BCUT2D eigenvalue weighted by Crippen LogP contribution is -2.41. The van der Waals surface area contributed by atoms with E-state index in [9.17, 15) is 5.26 Å². The van der Waals surface area contributed by atoms with Crippen molar-refractivity contribution >= 4 is 0 Å². The number of benzene rings is 2. The van der Waals surface area contributed by atoms with E-state index in [0.717, 1.165) is 17.7 Å². The van der Waals surface area contributed by atoms with E-state index in [1.165, 1.54) is 5.56 Å². The molecule has 2 N–H and O–H groups in total. The summed E-state index contributed by atoms with van der Waals surface area (Å²) in [4.78, 5) is 0. The van der Waals surface area contributed by atoms with Crippen LogP contribution in [-0.2, 0) is 12.0 Å². The topological polar surface area (TPSA) is 59.0 Å². The van der Waals surface area contributed by atoms with Gasteiger partial charge >= 0.3 is 0 Å². The highest BCUT2D eigenvalue weighted by Crippen LogP contribution is 2.20. The Hall–Kier alpha value is -2.31. The highest BCUT2D eigenvalue weighted by molar-refractivity contribution is 5.32. The highest BCUT2D eigenvalue weighted by atomic mass is 16.5. The zero-order chi connectivity index (χ0) is 14.4. The normalized spacial score (nSPS) is 13.2. The van der Waals surface area contributed by atoms with Crippen LogP contribution in [0.1, 0.15) is 18.1 Å². The van der Waals surface area contributed by atoms with E-state index in [1.54, 1.807) is 0 Å². The Bertz CT molecular complexity index is 604. The smallest absolute Gasteiger partial charge is 0.164 e. The van der Waals surface area contributed by atoms with Crippen molar-refractivity contribution in [3.05, 3.63) is 65.7 Å². The van der Waals surface area contributed by atoms with Gasteiger partial charge in [-0.3, -0.25) is 0 Å². The predicted octanol–water partition coefficient (Wildman–Crippen LogP) is 3.01. The Morgan fingerprint density at radius 3 is 2.55 bits per heavy atom. The minimum Gasteiger partial charge on any atom is -0.490 e. The number of nitrogens with two attached hydrogens (primary N) is 1. The second-order valence-corrected chi connectivity index (χ2v) is 4.74. The average Bonchev–Trinajstić information content (AvgIpc) is 2.53. The van der Waals surface area contributed by atoms with Gasteiger partial charge in [-0.05, 0) is 29.7 Å². The van der Waals surface area contributed by atoms with Crippen molar-refractivity contribution in [1.82, 2.24) is 0 Å². The van der Waals surface area contributed by atoms with E-state index in [-0.39, 0.29) is 6.61 Å². The third-order valence-corrected chi connectivity index (χ3v) is 3.26. The lowest BCUT2D eigenvalue weighted by Gasteiger charge is -2.22. The Kier molecular flexibility index (Phi) is 4.39. The van der Waals surface area contributed by atoms with Crippen molar-refractivity contribution in [2.45, 2.75) is 18.9 Å². The van der Waals surface area contributed by atoms with Crippen LogP contribution in [0.15, 0.2) is 54.6 Å². The first-order valence-electron chi connectivity index (χ1n) is 6.65. The first kappa shape index (κ1) is 14.1. The molecule has 1 atom stereocenters. The van der Waals surface area contributed by atoms with Gasteiger partial charge in [0.05, 0.1) is 6.07 Å². The summed E-state index contributed by atoms with van der Waals surface area (Å²) < 4.78 is 5.71.